The van der Waals surface area contributed by atoms with Gasteiger partial charge >= 0.3 is 0 Å². The van der Waals surface area contributed by atoms with E-state index in [0.717, 1.165) is 18.8 Å². The van der Waals surface area contributed by atoms with E-state index in [9.17, 15) is 4.21 Å². The minimum absolute atomic E-state index is 0.197. The van der Waals surface area contributed by atoms with Gasteiger partial charge in [-0.05, 0) is 38.0 Å². The average Bonchev–Trinajstić information content (AvgIpc) is 2.74. The van der Waals surface area contributed by atoms with Gasteiger partial charge in [-0.1, -0.05) is 19.8 Å². The molecule has 0 heterocycles. The third-order valence-electron chi connectivity index (χ3n) is 4.03. The zero-order valence-corrected chi connectivity index (χ0v) is 10.5. The molecule has 2 saturated carbocycles. The van der Waals surface area contributed by atoms with Crippen LogP contribution in [-0.4, -0.2) is 20.8 Å². The van der Waals surface area contributed by atoms with Crippen molar-refractivity contribution >= 4 is 10.8 Å². The van der Waals surface area contributed by atoms with E-state index in [1.165, 1.54) is 32.1 Å². The first-order chi connectivity index (χ1) is 7.18. The van der Waals surface area contributed by atoms with Crippen LogP contribution in [0.1, 0.15) is 51.9 Å². The fourth-order valence-corrected chi connectivity index (χ4v) is 5.28. The topological polar surface area (TPSA) is 43.1 Å². The van der Waals surface area contributed by atoms with Crippen LogP contribution in [0, 0.1) is 5.92 Å². The highest BCUT2D eigenvalue weighted by atomic mass is 32.2. The highest BCUT2D eigenvalue weighted by Gasteiger charge is 2.34. The molecule has 2 nitrogen and oxygen atoms in total. The predicted molar refractivity (Wildman–Crippen MR) is 65.2 cm³/mol. The van der Waals surface area contributed by atoms with Crippen molar-refractivity contribution < 1.29 is 4.21 Å². The lowest BCUT2D eigenvalue weighted by Gasteiger charge is -2.33. The molecule has 2 aliphatic carbocycles. The number of rotatable bonds is 2. The second-order valence-corrected chi connectivity index (χ2v) is 7.28. The highest BCUT2D eigenvalue weighted by molar-refractivity contribution is 7.86. The molecule has 0 amide bonds. The normalized spacial score (nSPS) is 40.5. The molecule has 2 aliphatic rings. The standard InChI is InChI=1S/C12H23NOS/c1-9-6-7-11(13)12(8-9)15(14)10-4-2-3-5-10/h9-12H,2-8,13H2,1H3. The zero-order chi connectivity index (χ0) is 10.8. The lowest BCUT2D eigenvalue weighted by molar-refractivity contribution is 0.352. The average molecular weight is 229 g/mol. The van der Waals surface area contributed by atoms with Crippen molar-refractivity contribution in [2.75, 3.05) is 0 Å². The summed E-state index contributed by atoms with van der Waals surface area (Å²) in [5, 5.41) is 0.753. The lowest BCUT2D eigenvalue weighted by Crippen LogP contribution is -2.44. The monoisotopic (exact) mass is 229 g/mol. The second kappa shape index (κ2) is 4.96. The summed E-state index contributed by atoms with van der Waals surface area (Å²) in [7, 11) is -0.658. The third kappa shape index (κ3) is 2.62. The Balaban J connectivity index is 1.97. The van der Waals surface area contributed by atoms with E-state index in [2.05, 4.69) is 6.92 Å². The smallest absolute Gasteiger partial charge is 0.0504 e. The summed E-state index contributed by atoms with van der Waals surface area (Å²) >= 11 is 0. The van der Waals surface area contributed by atoms with Gasteiger partial charge in [0.05, 0.1) is 5.25 Å². The summed E-state index contributed by atoms with van der Waals surface area (Å²) in [6.45, 7) is 2.27. The van der Waals surface area contributed by atoms with Crippen molar-refractivity contribution in [1.82, 2.24) is 0 Å². The second-order valence-electron chi connectivity index (χ2n) is 5.36. The predicted octanol–water partition coefficient (Wildman–Crippen LogP) is 2.19. The molecule has 0 radical (unpaired) electrons. The van der Waals surface area contributed by atoms with E-state index in [0.29, 0.717) is 5.25 Å². The van der Waals surface area contributed by atoms with Crippen molar-refractivity contribution in [3.05, 3.63) is 0 Å². The van der Waals surface area contributed by atoms with Crippen molar-refractivity contribution in [2.24, 2.45) is 11.7 Å². The van der Waals surface area contributed by atoms with Crippen LogP contribution in [-0.2, 0) is 10.8 Å². The Hall–Kier alpha value is 0.110. The Kier molecular flexibility index (Phi) is 3.83. The first-order valence-corrected chi connectivity index (χ1v) is 7.61. The van der Waals surface area contributed by atoms with Crippen molar-refractivity contribution in [2.45, 2.75) is 68.4 Å². The fourth-order valence-electron chi connectivity index (χ4n) is 2.99. The van der Waals surface area contributed by atoms with Gasteiger partial charge in [0.1, 0.15) is 0 Å². The number of hydrogen-bond acceptors (Lipinski definition) is 2. The Morgan fingerprint density at radius 1 is 1.13 bits per heavy atom. The van der Waals surface area contributed by atoms with Crippen LogP contribution in [0.4, 0.5) is 0 Å². The van der Waals surface area contributed by atoms with Crippen LogP contribution >= 0.6 is 0 Å². The maximum Gasteiger partial charge on any atom is 0.0504 e. The highest BCUT2D eigenvalue weighted by Crippen LogP contribution is 2.32. The molecule has 0 aromatic rings. The maximum atomic E-state index is 12.4. The molecule has 0 aliphatic heterocycles. The molecular formula is C12H23NOS. The van der Waals surface area contributed by atoms with Crippen LogP contribution < -0.4 is 5.73 Å². The molecule has 15 heavy (non-hydrogen) atoms. The van der Waals surface area contributed by atoms with Gasteiger partial charge in [0.15, 0.2) is 0 Å². The molecule has 4 atom stereocenters. The molecule has 88 valence electrons. The zero-order valence-electron chi connectivity index (χ0n) is 9.65. The minimum atomic E-state index is -0.658. The van der Waals surface area contributed by atoms with Crippen LogP contribution in [0.15, 0.2) is 0 Å². The largest absolute Gasteiger partial charge is 0.327 e. The van der Waals surface area contributed by atoms with E-state index in [-0.39, 0.29) is 11.3 Å². The summed E-state index contributed by atoms with van der Waals surface area (Å²) in [5.41, 5.74) is 6.12. The molecule has 3 heteroatoms. The van der Waals surface area contributed by atoms with Crippen LogP contribution in [0.2, 0.25) is 0 Å². The van der Waals surface area contributed by atoms with Gasteiger partial charge < -0.3 is 5.73 Å². The van der Waals surface area contributed by atoms with Gasteiger partial charge in [-0.15, -0.1) is 0 Å². The third-order valence-corrected chi connectivity index (χ3v) is 6.30. The Bertz CT molecular complexity index is 238. The molecule has 0 aromatic heterocycles. The molecule has 0 bridgehead atoms. The van der Waals surface area contributed by atoms with E-state index >= 15 is 0 Å². The lowest BCUT2D eigenvalue weighted by atomic mass is 9.87. The summed E-state index contributed by atoms with van der Waals surface area (Å²) in [6.07, 6.45) is 8.27. The number of hydrogen-bond donors (Lipinski definition) is 1. The van der Waals surface area contributed by atoms with Crippen molar-refractivity contribution in [3.8, 4) is 0 Å². The van der Waals surface area contributed by atoms with E-state index in [1.807, 2.05) is 0 Å². The van der Waals surface area contributed by atoms with E-state index in [4.69, 9.17) is 5.73 Å². The Morgan fingerprint density at radius 2 is 1.80 bits per heavy atom. The molecule has 0 aromatic carbocycles. The number of nitrogens with two attached hydrogens (primary N) is 1. The molecular weight excluding hydrogens is 206 g/mol. The summed E-state index contributed by atoms with van der Waals surface area (Å²) in [6, 6.07) is 0.197. The van der Waals surface area contributed by atoms with E-state index < -0.39 is 10.8 Å². The SMILES string of the molecule is CC1CCC(N)C(S(=O)C2CCCC2)C1. The molecule has 2 rings (SSSR count). The van der Waals surface area contributed by atoms with Gasteiger partial charge in [-0.3, -0.25) is 4.21 Å². The fraction of sp³-hybridized carbons (Fsp3) is 1.00. The minimum Gasteiger partial charge on any atom is -0.327 e. The quantitative estimate of drug-likeness (QED) is 0.789. The Morgan fingerprint density at radius 3 is 2.47 bits per heavy atom. The van der Waals surface area contributed by atoms with E-state index in [1.54, 1.807) is 0 Å². The van der Waals surface area contributed by atoms with Crippen LogP contribution in [0.3, 0.4) is 0 Å². The maximum absolute atomic E-state index is 12.4. The first kappa shape index (κ1) is 11.6. The summed E-state index contributed by atoms with van der Waals surface area (Å²) in [5.74, 6) is 0.722. The van der Waals surface area contributed by atoms with Crippen LogP contribution in [0.5, 0.6) is 0 Å². The van der Waals surface area contributed by atoms with Gasteiger partial charge in [0.2, 0.25) is 0 Å². The van der Waals surface area contributed by atoms with Crippen molar-refractivity contribution in [1.29, 1.82) is 0 Å². The Labute approximate surface area is 95.5 Å². The summed E-state index contributed by atoms with van der Waals surface area (Å²) < 4.78 is 12.4. The molecule has 0 spiro atoms. The molecule has 4 unspecified atom stereocenters. The van der Waals surface area contributed by atoms with Gasteiger partial charge in [0, 0.05) is 22.1 Å². The first-order valence-electron chi connectivity index (χ1n) is 6.33. The summed E-state index contributed by atoms with van der Waals surface area (Å²) in [4.78, 5) is 0. The molecule has 2 N–H and O–H groups in total. The van der Waals surface area contributed by atoms with Gasteiger partial charge in [0.25, 0.3) is 0 Å². The molecule has 0 saturated heterocycles. The van der Waals surface area contributed by atoms with Gasteiger partial charge in [-0.2, -0.15) is 0 Å². The van der Waals surface area contributed by atoms with Crippen molar-refractivity contribution in [3.63, 3.8) is 0 Å². The van der Waals surface area contributed by atoms with Gasteiger partial charge in [-0.25, -0.2) is 0 Å². The molecule has 2 fully saturated rings. The van der Waals surface area contributed by atoms with Crippen LogP contribution in [0.25, 0.3) is 0 Å².